The van der Waals surface area contributed by atoms with E-state index < -0.39 is 5.91 Å². The number of amides is 2. The molecule has 0 aliphatic carbocycles. The van der Waals surface area contributed by atoms with E-state index >= 15 is 0 Å². The first-order chi connectivity index (χ1) is 8.09. The molecule has 0 saturated carbocycles. The molecule has 1 saturated heterocycles. The second kappa shape index (κ2) is 4.45. The molecule has 1 aromatic rings. The summed E-state index contributed by atoms with van der Waals surface area (Å²) in [6, 6.07) is 4.12. The molecule has 1 heterocycles. The van der Waals surface area contributed by atoms with Crippen LogP contribution >= 0.6 is 0 Å². The van der Waals surface area contributed by atoms with E-state index in [0.29, 0.717) is 0 Å². The average molecular weight is 234 g/mol. The van der Waals surface area contributed by atoms with Gasteiger partial charge in [0.15, 0.2) is 0 Å². The van der Waals surface area contributed by atoms with Crippen molar-refractivity contribution in [2.45, 2.75) is 12.8 Å². The van der Waals surface area contributed by atoms with Crippen LogP contribution in [0.5, 0.6) is 5.75 Å². The van der Waals surface area contributed by atoms with Gasteiger partial charge in [-0.2, -0.15) is 0 Å². The Bertz CT molecular complexity index is 465. The quantitative estimate of drug-likeness (QED) is 0.791. The molecular formula is C12H14N2O3. The van der Waals surface area contributed by atoms with Gasteiger partial charge in [0.25, 0.3) is 5.91 Å². The summed E-state index contributed by atoms with van der Waals surface area (Å²) in [7, 11) is 0. The van der Waals surface area contributed by atoms with Crippen LogP contribution in [0.1, 0.15) is 33.6 Å². The van der Waals surface area contributed by atoms with Gasteiger partial charge in [0, 0.05) is 18.7 Å². The highest BCUT2D eigenvalue weighted by Crippen LogP contribution is 2.22. The van der Waals surface area contributed by atoms with Crippen LogP contribution in [0.3, 0.4) is 0 Å². The fraction of sp³-hybridized carbons (Fsp3) is 0.333. The first-order valence-electron chi connectivity index (χ1n) is 5.51. The Kier molecular flexibility index (Phi) is 2.99. The Balaban J connectivity index is 2.26. The van der Waals surface area contributed by atoms with Crippen LogP contribution in [0.15, 0.2) is 18.2 Å². The van der Waals surface area contributed by atoms with Gasteiger partial charge in [0.2, 0.25) is 5.91 Å². The van der Waals surface area contributed by atoms with Gasteiger partial charge in [-0.1, -0.05) is 0 Å². The molecule has 1 aliphatic rings. The van der Waals surface area contributed by atoms with Crippen molar-refractivity contribution in [3.8, 4) is 5.75 Å². The number of hydrogen-bond donors (Lipinski definition) is 2. The van der Waals surface area contributed by atoms with Crippen LogP contribution in [-0.2, 0) is 0 Å². The Labute approximate surface area is 98.8 Å². The number of carbonyl (C=O) groups excluding carboxylic acids is 2. The summed E-state index contributed by atoms with van der Waals surface area (Å²) < 4.78 is 0. The minimum Gasteiger partial charge on any atom is -0.507 e. The van der Waals surface area contributed by atoms with E-state index in [9.17, 15) is 14.7 Å². The lowest BCUT2D eigenvalue weighted by atomic mass is 10.1. The van der Waals surface area contributed by atoms with Crippen LogP contribution in [0.4, 0.5) is 0 Å². The maximum Gasteiger partial charge on any atom is 0.257 e. The van der Waals surface area contributed by atoms with Crippen LogP contribution in [-0.4, -0.2) is 34.9 Å². The fourth-order valence-corrected chi connectivity index (χ4v) is 1.96. The van der Waals surface area contributed by atoms with Gasteiger partial charge in [-0.15, -0.1) is 0 Å². The van der Waals surface area contributed by atoms with Crippen LogP contribution in [0.2, 0.25) is 0 Å². The molecule has 0 radical (unpaired) electrons. The van der Waals surface area contributed by atoms with E-state index in [1.165, 1.54) is 18.2 Å². The summed E-state index contributed by atoms with van der Waals surface area (Å²) in [6.07, 6.45) is 1.98. The molecule has 1 fully saturated rings. The van der Waals surface area contributed by atoms with E-state index in [1.807, 2.05) is 0 Å². The number of aromatic hydroxyl groups is 1. The molecule has 0 aromatic heterocycles. The standard InChI is InChI=1S/C12H14N2O3/c13-11(16)8-3-4-9(10(15)7-8)12(17)14-5-1-2-6-14/h3-4,7,15H,1-2,5-6H2,(H2,13,16). The number of rotatable bonds is 2. The summed E-state index contributed by atoms with van der Waals surface area (Å²) in [5.74, 6) is -1.02. The molecule has 1 aliphatic heterocycles. The van der Waals surface area contributed by atoms with Gasteiger partial charge >= 0.3 is 0 Å². The van der Waals surface area contributed by atoms with Gasteiger partial charge in [-0.05, 0) is 31.0 Å². The zero-order chi connectivity index (χ0) is 12.4. The molecule has 0 spiro atoms. The van der Waals surface area contributed by atoms with Crippen LogP contribution in [0, 0.1) is 0 Å². The summed E-state index contributed by atoms with van der Waals surface area (Å²) in [6.45, 7) is 1.44. The van der Waals surface area contributed by atoms with Crippen LogP contribution < -0.4 is 5.73 Å². The summed E-state index contributed by atoms with van der Waals surface area (Å²) in [5, 5.41) is 9.72. The van der Waals surface area contributed by atoms with Gasteiger partial charge < -0.3 is 15.7 Å². The summed E-state index contributed by atoms with van der Waals surface area (Å²) >= 11 is 0. The highest BCUT2D eigenvalue weighted by Gasteiger charge is 2.22. The Morgan fingerprint density at radius 1 is 1.24 bits per heavy atom. The summed E-state index contributed by atoms with van der Waals surface area (Å²) in [4.78, 5) is 24.6. The van der Waals surface area contributed by atoms with Gasteiger partial charge in [0.05, 0.1) is 5.56 Å². The molecule has 90 valence electrons. The third-order valence-corrected chi connectivity index (χ3v) is 2.91. The number of nitrogens with two attached hydrogens (primary N) is 1. The van der Waals surface area contributed by atoms with E-state index in [-0.39, 0.29) is 22.8 Å². The lowest BCUT2D eigenvalue weighted by Crippen LogP contribution is -2.27. The van der Waals surface area contributed by atoms with E-state index in [1.54, 1.807) is 4.90 Å². The predicted molar refractivity (Wildman–Crippen MR) is 61.8 cm³/mol. The number of hydrogen-bond acceptors (Lipinski definition) is 3. The highest BCUT2D eigenvalue weighted by molar-refractivity contribution is 5.99. The molecule has 1 aromatic carbocycles. The lowest BCUT2D eigenvalue weighted by Gasteiger charge is -2.16. The number of nitrogens with zero attached hydrogens (tertiary/aromatic N) is 1. The van der Waals surface area contributed by atoms with Crippen LogP contribution in [0.25, 0.3) is 0 Å². The second-order valence-corrected chi connectivity index (χ2v) is 4.10. The minimum absolute atomic E-state index is 0.195. The fourth-order valence-electron chi connectivity index (χ4n) is 1.96. The lowest BCUT2D eigenvalue weighted by molar-refractivity contribution is 0.0789. The number of carbonyl (C=O) groups is 2. The van der Waals surface area contributed by atoms with E-state index in [2.05, 4.69) is 0 Å². The molecule has 0 atom stereocenters. The molecule has 2 amide bonds. The summed E-state index contributed by atoms with van der Waals surface area (Å²) in [5.41, 5.74) is 5.50. The second-order valence-electron chi connectivity index (χ2n) is 4.10. The number of phenols is 1. The number of benzene rings is 1. The van der Waals surface area contributed by atoms with Crippen molar-refractivity contribution in [3.05, 3.63) is 29.3 Å². The zero-order valence-corrected chi connectivity index (χ0v) is 9.35. The van der Waals surface area contributed by atoms with Gasteiger partial charge in [-0.25, -0.2) is 0 Å². The van der Waals surface area contributed by atoms with Crippen molar-refractivity contribution in [2.24, 2.45) is 5.73 Å². The first-order valence-corrected chi connectivity index (χ1v) is 5.51. The highest BCUT2D eigenvalue weighted by atomic mass is 16.3. The molecule has 5 heteroatoms. The normalized spacial score (nSPS) is 14.9. The minimum atomic E-state index is -0.625. The average Bonchev–Trinajstić information content (AvgIpc) is 2.81. The molecule has 2 rings (SSSR count). The molecule has 3 N–H and O–H groups in total. The third kappa shape index (κ3) is 2.22. The van der Waals surface area contributed by atoms with E-state index in [0.717, 1.165) is 25.9 Å². The van der Waals surface area contributed by atoms with Crippen molar-refractivity contribution in [1.29, 1.82) is 0 Å². The molecule has 0 unspecified atom stereocenters. The van der Waals surface area contributed by atoms with Crippen molar-refractivity contribution in [3.63, 3.8) is 0 Å². The third-order valence-electron chi connectivity index (χ3n) is 2.91. The van der Waals surface area contributed by atoms with Crippen molar-refractivity contribution < 1.29 is 14.7 Å². The maximum absolute atomic E-state index is 12.0. The number of phenolic OH excluding ortho intramolecular Hbond substituents is 1. The Morgan fingerprint density at radius 3 is 2.41 bits per heavy atom. The molecule has 0 bridgehead atoms. The smallest absolute Gasteiger partial charge is 0.257 e. The van der Waals surface area contributed by atoms with E-state index in [4.69, 9.17) is 5.73 Å². The van der Waals surface area contributed by atoms with Gasteiger partial charge in [0.1, 0.15) is 5.75 Å². The molecular weight excluding hydrogens is 220 g/mol. The Hall–Kier alpha value is -2.04. The number of likely N-dealkylation sites (tertiary alicyclic amines) is 1. The Morgan fingerprint density at radius 2 is 1.88 bits per heavy atom. The zero-order valence-electron chi connectivity index (χ0n) is 9.35. The SMILES string of the molecule is NC(=O)c1ccc(C(=O)N2CCCC2)c(O)c1. The van der Waals surface area contributed by atoms with Crippen molar-refractivity contribution in [2.75, 3.05) is 13.1 Å². The predicted octanol–water partition coefficient (Wildman–Crippen LogP) is 0.727. The maximum atomic E-state index is 12.0. The topological polar surface area (TPSA) is 83.6 Å². The van der Waals surface area contributed by atoms with Crippen molar-refractivity contribution in [1.82, 2.24) is 4.90 Å². The molecule has 17 heavy (non-hydrogen) atoms. The van der Waals surface area contributed by atoms with Crippen molar-refractivity contribution >= 4 is 11.8 Å². The number of primary amides is 1. The largest absolute Gasteiger partial charge is 0.507 e. The monoisotopic (exact) mass is 234 g/mol. The van der Waals surface area contributed by atoms with Gasteiger partial charge in [-0.3, -0.25) is 9.59 Å². The molecule has 5 nitrogen and oxygen atoms in total. The first kappa shape index (κ1) is 11.4.